The first kappa shape index (κ1) is 27.4. The van der Waals surface area contributed by atoms with Gasteiger partial charge in [-0.15, -0.1) is 51.9 Å². The molecule has 4 rings (SSSR count). The molecule has 3 fully saturated rings. The van der Waals surface area contributed by atoms with Crippen LogP contribution in [0.1, 0.15) is 57.8 Å². The van der Waals surface area contributed by atoms with E-state index in [4.69, 9.17) is 18.8 Å². The molecule has 0 amide bonds. The van der Waals surface area contributed by atoms with Gasteiger partial charge in [0.25, 0.3) is 0 Å². The molecule has 4 aliphatic heterocycles. The fraction of sp³-hybridized carbons (Fsp3) is 0.800. The van der Waals surface area contributed by atoms with E-state index in [0.29, 0.717) is 0 Å². The van der Waals surface area contributed by atoms with Crippen molar-refractivity contribution in [1.29, 1.82) is 0 Å². The first-order valence-corrected chi connectivity index (χ1v) is 15.8. The van der Waals surface area contributed by atoms with Gasteiger partial charge >= 0.3 is 35.3 Å². The third kappa shape index (κ3) is 26.4. The minimum atomic E-state index is -0.472. The summed E-state index contributed by atoms with van der Waals surface area (Å²) in [5.41, 5.74) is 0. The summed E-state index contributed by atoms with van der Waals surface area (Å²) in [4.78, 5) is 0. The Balaban J connectivity index is 0.000000319. The SMILES string of the molecule is C1=CC[N-]C=C1.C1CC[N-]CC1.C1CC[N-]CC1.C1CC[N-]CC1.[Cl][Pt][Cl]. The molecule has 0 aliphatic carbocycles. The normalized spacial score (nSPS) is 20.7. The predicted octanol–water partition coefficient (Wildman–Crippen LogP) is 7.45. The van der Waals surface area contributed by atoms with Crippen molar-refractivity contribution < 1.29 is 16.5 Å². The number of halogens is 2. The van der Waals surface area contributed by atoms with Crippen molar-refractivity contribution in [3.8, 4) is 0 Å². The molecule has 4 nitrogen and oxygen atoms in total. The Morgan fingerprint density at radius 2 is 0.926 bits per heavy atom. The van der Waals surface area contributed by atoms with Crippen molar-refractivity contribution in [1.82, 2.24) is 0 Å². The van der Waals surface area contributed by atoms with Gasteiger partial charge in [0.15, 0.2) is 0 Å². The Morgan fingerprint density at radius 3 is 1.00 bits per heavy atom. The molecule has 164 valence electrons. The minimum absolute atomic E-state index is 0.472. The maximum atomic E-state index is 4.88. The van der Waals surface area contributed by atoms with Gasteiger partial charge in [-0.3, -0.25) is 0 Å². The molecule has 0 spiro atoms. The summed E-state index contributed by atoms with van der Waals surface area (Å²) < 4.78 is 0. The van der Waals surface area contributed by atoms with Crippen LogP contribution < -0.4 is 0 Å². The summed E-state index contributed by atoms with van der Waals surface area (Å²) in [6, 6.07) is 0. The van der Waals surface area contributed by atoms with E-state index in [0.717, 1.165) is 45.8 Å². The van der Waals surface area contributed by atoms with Crippen LogP contribution in [0.5, 0.6) is 0 Å². The number of nitrogens with zero attached hydrogens (tertiary/aromatic N) is 4. The van der Waals surface area contributed by atoms with Gasteiger partial charge in [0.2, 0.25) is 0 Å². The summed E-state index contributed by atoms with van der Waals surface area (Å²) in [7, 11) is 9.75. The van der Waals surface area contributed by atoms with Crippen molar-refractivity contribution >= 4 is 18.8 Å². The fourth-order valence-electron chi connectivity index (χ4n) is 2.58. The first-order chi connectivity index (χ1) is 13.4. The Kier molecular flexibility index (Phi) is 26.8. The molecule has 0 aromatic rings. The number of allylic oxidation sites excluding steroid dienone is 2. The van der Waals surface area contributed by atoms with Crippen LogP contribution in [0.4, 0.5) is 0 Å². The van der Waals surface area contributed by atoms with E-state index in [1.54, 1.807) is 6.20 Å². The van der Waals surface area contributed by atoms with Gasteiger partial charge in [-0.05, 0) is 0 Å². The van der Waals surface area contributed by atoms with Crippen LogP contribution >= 0.6 is 18.8 Å². The zero-order valence-electron chi connectivity index (χ0n) is 16.5. The van der Waals surface area contributed by atoms with E-state index in [1.807, 2.05) is 18.2 Å². The van der Waals surface area contributed by atoms with Gasteiger partial charge < -0.3 is 21.3 Å². The molecule has 27 heavy (non-hydrogen) atoms. The van der Waals surface area contributed by atoms with Gasteiger partial charge in [0.05, 0.1) is 0 Å². The summed E-state index contributed by atoms with van der Waals surface area (Å²) in [5, 5.41) is 16.4. The molecule has 0 saturated carbocycles. The maximum absolute atomic E-state index is 4.88. The van der Waals surface area contributed by atoms with Gasteiger partial charge in [-0.2, -0.15) is 6.20 Å². The Morgan fingerprint density at radius 1 is 0.556 bits per heavy atom. The molecule has 0 aromatic carbocycles. The molecule has 0 unspecified atom stereocenters. The summed E-state index contributed by atoms with van der Waals surface area (Å²) in [6.07, 6.45) is 20.0. The van der Waals surface area contributed by atoms with E-state index in [-0.39, 0.29) is 0 Å². The molecule has 0 N–H and O–H groups in total. The molecule has 0 atom stereocenters. The van der Waals surface area contributed by atoms with E-state index < -0.39 is 16.5 Å². The van der Waals surface area contributed by atoms with Crippen molar-refractivity contribution in [3.05, 3.63) is 45.7 Å². The Hall–Kier alpha value is 0.428. The van der Waals surface area contributed by atoms with Gasteiger partial charge in [0.1, 0.15) is 0 Å². The van der Waals surface area contributed by atoms with Crippen LogP contribution in [-0.2, 0) is 16.5 Å². The summed E-state index contributed by atoms with van der Waals surface area (Å²) in [5.74, 6) is 0. The molecule has 0 aromatic heterocycles. The van der Waals surface area contributed by atoms with E-state index >= 15 is 0 Å². The molecule has 0 bridgehead atoms. The Bertz CT molecular complexity index is 244. The van der Waals surface area contributed by atoms with Crippen molar-refractivity contribution in [2.45, 2.75) is 57.8 Å². The zero-order chi connectivity index (χ0) is 19.7. The molecule has 4 heterocycles. The standard InChI is InChI=1S/3C5H10N.C5H6N.2ClH.Pt/c4*1-2-4-6-5-3-1;;;/h3*1-5H2;1-4H,5H2;2*1H;/q4*-1;;;+2/p-2. The number of hydrogen-bond donors (Lipinski definition) is 0. The second-order valence-electron chi connectivity index (χ2n) is 6.37. The number of rotatable bonds is 0. The van der Waals surface area contributed by atoms with Crippen LogP contribution in [0, 0.1) is 0 Å². The first-order valence-electron chi connectivity index (χ1n) is 10.1. The second kappa shape index (κ2) is 26.4. The predicted molar refractivity (Wildman–Crippen MR) is 119 cm³/mol. The fourth-order valence-corrected chi connectivity index (χ4v) is 2.58. The van der Waals surface area contributed by atoms with E-state index in [9.17, 15) is 0 Å². The molecule has 3 saturated heterocycles. The van der Waals surface area contributed by atoms with Crippen LogP contribution in [0.25, 0.3) is 21.3 Å². The van der Waals surface area contributed by atoms with Crippen molar-refractivity contribution in [2.24, 2.45) is 0 Å². The molecular formula is C20H36Cl2N4Pt-4. The third-order valence-electron chi connectivity index (χ3n) is 4.05. The topological polar surface area (TPSA) is 56.4 Å². The van der Waals surface area contributed by atoms with E-state index in [1.165, 1.54) is 57.8 Å². The van der Waals surface area contributed by atoms with Crippen molar-refractivity contribution in [3.63, 3.8) is 0 Å². The van der Waals surface area contributed by atoms with Crippen LogP contribution in [0.2, 0.25) is 0 Å². The van der Waals surface area contributed by atoms with Crippen LogP contribution in [-0.4, -0.2) is 45.8 Å². The van der Waals surface area contributed by atoms with Gasteiger partial charge in [-0.1, -0.05) is 69.9 Å². The van der Waals surface area contributed by atoms with E-state index in [2.05, 4.69) is 21.3 Å². The average Bonchev–Trinajstić information content (AvgIpc) is 2.80. The van der Waals surface area contributed by atoms with Crippen LogP contribution in [0.3, 0.4) is 0 Å². The molecule has 7 heteroatoms. The Labute approximate surface area is 184 Å². The third-order valence-corrected chi connectivity index (χ3v) is 4.05. The number of hydrogen-bond acceptors (Lipinski definition) is 0. The molecule has 0 radical (unpaired) electrons. The number of piperidine rings is 3. The van der Waals surface area contributed by atoms with Gasteiger partial charge in [-0.25, -0.2) is 0 Å². The van der Waals surface area contributed by atoms with Gasteiger partial charge in [0, 0.05) is 0 Å². The summed E-state index contributed by atoms with van der Waals surface area (Å²) in [6.45, 7) is 7.61. The average molecular weight is 599 g/mol. The molecular weight excluding hydrogens is 562 g/mol. The zero-order valence-corrected chi connectivity index (χ0v) is 20.3. The molecule has 4 aliphatic rings. The quantitative estimate of drug-likeness (QED) is 0.278. The monoisotopic (exact) mass is 597 g/mol. The second-order valence-corrected chi connectivity index (χ2v) is 9.66. The van der Waals surface area contributed by atoms with Crippen LogP contribution in [0.15, 0.2) is 24.4 Å². The summed E-state index contributed by atoms with van der Waals surface area (Å²) >= 11 is -0.472. The van der Waals surface area contributed by atoms with Crippen molar-refractivity contribution in [2.75, 3.05) is 45.8 Å².